The predicted molar refractivity (Wildman–Crippen MR) is 133 cm³/mol. The molecule has 0 saturated heterocycles. The van der Waals surface area contributed by atoms with Gasteiger partial charge in [-0.2, -0.15) is 13.2 Å². The number of ether oxygens (including phenoxy) is 1. The van der Waals surface area contributed by atoms with Crippen LogP contribution < -0.4 is 15.4 Å². The fraction of sp³-hybridized carbons (Fsp3) is 0.280. The molecule has 0 spiro atoms. The molecule has 0 bridgehead atoms. The number of halogens is 3. The lowest BCUT2D eigenvalue weighted by Gasteiger charge is -2.12. The van der Waals surface area contributed by atoms with Crippen molar-refractivity contribution in [2.45, 2.75) is 32.5 Å². The maximum Gasteiger partial charge on any atom is 0.490 e. The van der Waals surface area contributed by atoms with Crippen molar-refractivity contribution >= 4 is 17.8 Å². The van der Waals surface area contributed by atoms with Gasteiger partial charge in [0.1, 0.15) is 11.4 Å². The first-order chi connectivity index (χ1) is 18.6. The van der Waals surface area contributed by atoms with Gasteiger partial charge in [0.2, 0.25) is 0 Å². The Bertz CT molecular complexity index is 1260. The molecule has 14 heteroatoms. The molecule has 2 amide bonds. The second kappa shape index (κ2) is 14.9. The SMILES string of the molecule is C=CCCCOc1cc(C(=O)NCC)ccc1-n1cc(C(=O)NCc2ccccn2)nn1.O=C(O)C(F)(F)F. The molecule has 0 saturated carbocycles. The van der Waals surface area contributed by atoms with Crippen LogP contribution >= 0.6 is 0 Å². The highest BCUT2D eigenvalue weighted by Gasteiger charge is 2.38. The molecule has 11 nitrogen and oxygen atoms in total. The molecule has 2 aromatic heterocycles. The molecule has 0 unspecified atom stereocenters. The number of carbonyl (C=O) groups is 3. The highest BCUT2D eigenvalue weighted by molar-refractivity contribution is 5.95. The fourth-order valence-corrected chi connectivity index (χ4v) is 2.88. The minimum Gasteiger partial charge on any atom is -0.491 e. The summed E-state index contributed by atoms with van der Waals surface area (Å²) in [5.74, 6) is -2.84. The number of carboxylic acids is 1. The number of nitrogens with one attached hydrogen (secondary N) is 2. The van der Waals surface area contributed by atoms with Crippen LogP contribution in [0.15, 0.2) is 61.4 Å². The van der Waals surface area contributed by atoms with E-state index in [4.69, 9.17) is 14.6 Å². The van der Waals surface area contributed by atoms with Crippen molar-refractivity contribution in [1.29, 1.82) is 0 Å². The van der Waals surface area contributed by atoms with Gasteiger partial charge < -0.3 is 20.5 Å². The second-order valence-corrected chi connectivity index (χ2v) is 7.68. The van der Waals surface area contributed by atoms with Gasteiger partial charge in [0.05, 0.1) is 25.0 Å². The highest BCUT2D eigenvalue weighted by atomic mass is 19.4. The van der Waals surface area contributed by atoms with E-state index >= 15 is 0 Å². The fourth-order valence-electron chi connectivity index (χ4n) is 2.88. The lowest BCUT2D eigenvalue weighted by Crippen LogP contribution is -2.23. The van der Waals surface area contributed by atoms with Crippen LogP contribution in [-0.4, -0.2) is 62.2 Å². The van der Waals surface area contributed by atoms with Crippen LogP contribution in [0.1, 0.15) is 46.3 Å². The number of hydrogen-bond acceptors (Lipinski definition) is 7. The summed E-state index contributed by atoms with van der Waals surface area (Å²) in [6, 6.07) is 10.5. The molecule has 3 aromatic rings. The van der Waals surface area contributed by atoms with E-state index in [1.54, 1.807) is 24.4 Å². The molecule has 1 aromatic carbocycles. The van der Waals surface area contributed by atoms with Crippen molar-refractivity contribution in [3.8, 4) is 11.4 Å². The van der Waals surface area contributed by atoms with Gasteiger partial charge in [-0.3, -0.25) is 14.6 Å². The first kappa shape index (κ1) is 30.5. The topological polar surface area (TPSA) is 148 Å². The number of alkyl halides is 3. The van der Waals surface area contributed by atoms with Crippen LogP contribution in [0.25, 0.3) is 5.69 Å². The predicted octanol–water partition coefficient (Wildman–Crippen LogP) is 3.32. The molecular formula is C25H27F3N6O5. The first-order valence-corrected chi connectivity index (χ1v) is 11.6. The summed E-state index contributed by atoms with van der Waals surface area (Å²) in [6.07, 6.45) is 1.52. The number of aliphatic carboxylic acids is 1. The van der Waals surface area contributed by atoms with E-state index in [9.17, 15) is 22.8 Å². The highest BCUT2D eigenvalue weighted by Crippen LogP contribution is 2.25. The lowest BCUT2D eigenvalue weighted by atomic mass is 10.1. The second-order valence-electron chi connectivity index (χ2n) is 7.68. The number of unbranched alkanes of at least 4 members (excludes halogenated alkanes) is 1. The summed E-state index contributed by atoms with van der Waals surface area (Å²) < 4.78 is 39.1. The minimum atomic E-state index is -5.08. The molecule has 3 rings (SSSR count). The molecule has 0 aliphatic heterocycles. The zero-order chi connectivity index (χ0) is 28.8. The molecule has 3 N–H and O–H groups in total. The number of allylic oxidation sites excluding steroid dienone is 1. The number of nitrogens with zero attached hydrogens (tertiary/aromatic N) is 4. The van der Waals surface area contributed by atoms with Crippen molar-refractivity contribution in [1.82, 2.24) is 30.6 Å². The van der Waals surface area contributed by atoms with Gasteiger partial charge in [-0.25, -0.2) is 9.48 Å². The molecule has 0 aliphatic carbocycles. The number of carbonyl (C=O) groups excluding carboxylic acids is 2. The van der Waals surface area contributed by atoms with E-state index < -0.39 is 12.1 Å². The molecule has 2 heterocycles. The van der Waals surface area contributed by atoms with Gasteiger partial charge >= 0.3 is 12.1 Å². The van der Waals surface area contributed by atoms with Gasteiger partial charge in [-0.05, 0) is 50.1 Å². The Morgan fingerprint density at radius 2 is 1.90 bits per heavy atom. The third kappa shape index (κ3) is 9.91. The Kier molecular flexibility index (Phi) is 11.6. The zero-order valence-electron chi connectivity index (χ0n) is 20.9. The molecule has 0 radical (unpaired) electrons. The molecule has 208 valence electrons. The van der Waals surface area contributed by atoms with Crippen LogP contribution in [0.4, 0.5) is 13.2 Å². The smallest absolute Gasteiger partial charge is 0.490 e. The summed E-state index contributed by atoms with van der Waals surface area (Å²) >= 11 is 0. The van der Waals surface area contributed by atoms with Gasteiger partial charge in [0.25, 0.3) is 11.8 Å². The average Bonchev–Trinajstić information content (AvgIpc) is 3.40. The summed E-state index contributed by atoms with van der Waals surface area (Å²) in [5.41, 5.74) is 1.95. The molecular weight excluding hydrogens is 521 g/mol. The molecule has 0 fully saturated rings. The number of aromatic nitrogens is 4. The van der Waals surface area contributed by atoms with E-state index in [-0.39, 0.29) is 24.1 Å². The van der Waals surface area contributed by atoms with Crippen LogP contribution in [-0.2, 0) is 11.3 Å². The summed E-state index contributed by atoms with van der Waals surface area (Å²) in [5, 5.41) is 20.7. The standard InChI is InChI=1S/C23H26N6O3.C2HF3O2/c1-3-5-8-13-32-21-14-17(22(30)24-4-2)10-11-20(21)29-16-19(27-28-29)23(31)26-15-18-9-6-7-12-25-18;3-2(4,5)1(6)7/h3,6-7,9-12,14,16H,1,4-5,8,13,15H2,2H3,(H,24,30)(H,26,31);(H,6,7). The maximum absolute atomic E-state index is 12.5. The van der Waals surface area contributed by atoms with Gasteiger partial charge in [0.15, 0.2) is 5.69 Å². The van der Waals surface area contributed by atoms with E-state index in [0.717, 1.165) is 18.5 Å². The van der Waals surface area contributed by atoms with E-state index in [2.05, 4.69) is 32.5 Å². The molecule has 39 heavy (non-hydrogen) atoms. The normalized spacial score (nSPS) is 10.6. The summed E-state index contributed by atoms with van der Waals surface area (Å²) in [4.78, 5) is 37.8. The number of amides is 2. The Hall–Kier alpha value is -4.75. The Balaban J connectivity index is 0.000000673. The minimum absolute atomic E-state index is 0.159. The van der Waals surface area contributed by atoms with Crippen LogP contribution in [0, 0.1) is 0 Å². The number of carboxylic acid groups (broad SMARTS) is 1. The van der Waals surface area contributed by atoms with Gasteiger partial charge in [-0.15, -0.1) is 11.7 Å². The van der Waals surface area contributed by atoms with Crippen molar-refractivity contribution in [2.75, 3.05) is 13.2 Å². The Morgan fingerprint density at radius 3 is 2.51 bits per heavy atom. The number of rotatable bonds is 11. The van der Waals surface area contributed by atoms with Crippen molar-refractivity contribution in [3.05, 3.63) is 78.4 Å². The summed E-state index contributed by atoms with van der Waals surface area (Å²) in [7, 11) is 0. The molecule has 0 atom stereocenters. The Morgan fingerprint density at radius 1 is 1.15 bits per heavy atom. The van der Waals surface area contributed by atoms with Gasteiger partial charge in [-0.1, -0.05) is 17.4 Å². The van der Waals surface area contributed by atoms with Crippen molar-refractivity contribution < 1.29 is 37.4 Å². The number of hydrogen-bond donors (Lipinski definition) is 3. The lowest BCUT2D eigenvalue weighted by molar-refractivity contribution is -0.192. The van der Waals surface area contributed by atoms with E-state index in [0.29, 0.717) is 30.2 Å². The molecule has 0 aliphatic rings. The van der Waals surface area contributed by atoms with E-state index in [1.807, 2.05) is 31.2 Å². The first-order valence-electron chi connectivity index (χ1n) is 11.6. The van der Waals surface area contributed by atoms with Crippen LogP contribution in [0.5, 0.6) is 5.75 Å². The van der Waals surface area contributed by atoms with Gasteiger partial charge in [0, 0.05) is 18.3 Å². The number of pyridine rings is 1. The Labute approximate surface area is 221 Å². The van der Waals surface area contributed by atoms with Crippen LogP contribution in [0.3, 0.4) is 0 Å². The maximum atomic E-state index is 12.5. The van der Waals surface area contributed by atoms with Crippen LogP contribution in [0.2, 0.25) is 0 Å². The van der Waals surface area contributed by atoms with Crippen molar-refractivity contribution in [3.63, 3.8) is 0 Å². The quantitative estimate of drug-likeness (QED) is 0.244. The van der Waals surface area contributed by atoms with Crippen molar-refractivity contribution in [2.24, 2.45) is 0 Å². The average molecular weight is 549 g/mol. The third-order valence-electron chi connectivity index (χ3n) is 4.74. The number of benzene rings is 1. The largest absolute Gasteiger partial charge is 0.491 e. The summed E-state index contributed by atoms with van der Waals surface area (Å²) in [6.45, 7) is 6.82. The monoisotopic (exact) mass is 548 g/mol. The zero-order valence-corrected chi connectivity index (χ0v) is 20.9. The van der Waals surface area contributed by atoms with E-state index in [1.165, 1.54) is 10.9 Å². The third-order valence-corrected chi connectivity index (χ3v) is 4.74.